The van der Waals surface area contributed by atoms with Gasteiger partial charge in [-0.05, 0) is 49.6 Å². The molecule has 5 nitrogen and oxygen atoms in total. The lowest BCUT2D eigenvalue weighted by molar-refractivity contribution is 0.0720. The zero-order chi connectivity index (χ0) is 19.3. The second-order valence-electron chi connectivity index (χ2n) is 6.41. The number of amides is 1. The Balaban J connectivity index is 2.35. The van der Waals surface area contributed by atoms with Crippen molar-refractivity contribution >= 4 is 5.91 Å². The first kappa shape index (κ1) is 19.8. The number of halogens is 1. The van der Waals surface area contributed by atoms with Crippen LogP contribution in [-0.4, -0.2) is 35.6 Å². The van der Waals surface area contributed by atoms with Gasteiger partial charge in [0.25, 0.3) is 11.5 Å². The first-order valence-corrected chi connectivity index (χ1v) is 8.55. The molecule has 0 saturated heterocycles. The molecule has 0 aliphatic rings. The lowest BCUT2D eigenvalue weighted by atomic mass is 10.1. The number of aromatic nitrogens is 1. The first-order valence-electron chi connectivity index (χ1n) is 8.55. The maximum absolute atomic E-state index is 13.1. The van der Waals surface area contributed by atoms with Gasteiger partial charge in [0.1, 0.15) is 11.4 Å². The molecule has 0 fully saturated rings. The summed E-state index contributed by atoms with van der Waals surface area (Å²) >= 11 is 0. The van der Waals surface area contributed by atoms with Gasteiger partial charge in [-0.3, -0.25) is 9.59 Å². The molecule has 26 heavy (non-hydrogen) atoms. The smallest absolute Gasteiger partial charge is 0.263 e. The van der Waals surface area contributed by atoms with Gasteiger partial charge in [-0.1, -0.05) is 12.1 Å². The van der Waals surface area contributed by atoms with E-state index >= 15 is 0 Å². The van der Waals surface area contributed by atoms with Gasteiger partial charge in [-0.15, -0.1) is 0 Å². The number of benzene rings is 1. The van der Waals surface area contributed by atoms with Gasteiger partial charge in [-0.25, -0.2) is 4.39 Å². The predicted molar refractivity (Wildman–Crippen MR) is 98.8 cm³/mol. The van der Waals surface area contributed by atoms with E-state index in [9.17, 15) is 14.0 Å². The molecule has 2 rings (SSSR count). The SMILES string of the molecule is COCCCN(Cc1ccc(F)cc1)C(=O)c1c(C)cc(C)n(C)c1=O. The second-order valence-corrected chi connectivity index (χ2v) is 6.41. The van der Waals surface area contributed by atoms with Crippen molar-refractivity contribution in [3.63, 3.8) is 0 Å². The molecule has 1 heterocycles. The summed E-state index contributed by atoms with van der Waals surface area (Å²) in [6, 6.07) is 7.85. The van der Waals surface area contributed by atoms with Gasteiger partial charge >= 0.3 is 0 Å². The Kier molecular flexibility index (Phi) is 6.69. The first-order chi connectivity index (χ1) is 12.3. The molecule has 0 N–H and O–H groups in total. The molecule has 6 heteroatoms. The molecule has 0 radical (unpaired) electrons. The molecule has 0 atom stereocenters. The van der Waals surface area contributed by atoms with Crippen molar-refractivity contribution in [1.29, 1.82) is 0 Å². The number of methoxy groups -OCH3 is 1. The highest BCUT2D eigenvalue weighted by atomic mass is 19.1. The van der Waals surface area contributed by atoms with E-state index in [0.29, 0.717) is 31.7 Å². The van der Waals surface area contributed by atoms with Crippen molar-refractivity contribution < 1.29 is 13.9 Å². The molecule has 0 saturated carbocycles. The number of pyridine rings is 1. The fraction of sp³-hybridized carbons (Fsp3) is 0.400. The Morgan fingerprint density at radius 2 is 1.88 bits per heavy atom. The Morgan fingerprint density at radius 3 is 2.50 bits per heavy atom. The summed E-state index contributed by atoms with van der Waals surface area (Å²) < 4.78 is 19.7. The van der Waals surface area contributed by atoms with Crippen LogP contribution in [0, 0.1) is 19.7 Å². The lowest BCUT2D eigenvalue weighted by Crippen LogP contribution is -2.38. The molecule has 0 aliphatic heterocycles. The molecule has 0 unspecified atom stereocenters. The van der Waals surface area contributed by atoms with Crippen LogP contribution in [0.2, 0.25) is 0 Å². The normalized spacial score (nSPS) is 10.8. The monoisotopic (exact) mass is 360 g/mol. The van der Waals surface area contributed by atoms with Gasteiger partial charge in [0.15, 0.2) is 0 Å². The Bertz CT molecular complexity index is 828. The van der Waals surface area contributed by atoms with Gasteiger partial charge in [0.2, 0.25) is 0 Å². The molecular weight excluding hydrogens is 335 g/mol. The van der Waals surface area contributed by atoms with Gasteiger partial charge < -0.3 is 14.2 Å². The number of hydrogen-bond donors (Lipinski definition) is 0. The Morgan fingerprint density at radius 1 is 1.23 bits per heavy atom. The summed E-state index contributed by atoms with van der Waals surface area (Å²) in [5.74, 6) is -0.641. The zero-order valence-electron chi connectivity index (χ0n) is 15.7. The number of carbonyl (C=O) groups excluding carboxylic acids is 1. The minimum Gasteiger partial charge on any atom is -0.385 e. The van der Waals surface area contributed by atoms with E-state index in [1.54, 1.807) is 38.1 Å². The molecule has 1 aromatic carbocycles. The highest BCUT2D eigenvalue weighted by molar-refractivity contribution is 5.95. The number of carbonyl (C=O) groups is 1. The van der Waals surface area contributed by atoms with Crippen molar-refractivity contribution in [2.45, 2.75) is 26.8 Å². The standard InChI is InChI=1S/C20H25FN2O3/c1-14-12-15(2)22(3)19(24)18(14)20(25)23(10-5-11-26-4)13-16-6-8-17(21)9-7-16/h6-9,12H,5,10-11,13H2,1-4H3. The van der Waals surface area contributed by atoms with E-state index < -0.39 is 0 Å². The Hall–Kier alpha value is -2.47. The maximum atomic E-state index is 13.1. The Labute approximate surface area is 153 Å². The number of aryl methyl sites for hydroxylation is 2. The van der Waals surface area contributed by atoms with E-state index in [4.69, 9.17) is 4.74 Å². The van der Waals surface area contributed by atoms with Crippen molar-refractivity contribution in [2.75, 3.05) is 20.3 Å². The minimum atomic E-state index is -0.325. The van der Waals surface area contributed by atoms with Crippen LogP contribution < -0.4 is 5.56 Å². The van der Waals surface area contributed by atoms with E-state index in [1.165, 1.54) is 16.7 Å². The third kappa shape index (κ3) is 4.58. The molecule has 0 spiro atoms. The van der Waals surface area contributed by atoms with Crippen LogP contribution in [0.4, 0.5) is 4.39 Å². The van der Waals surface area contributed by atoms with Crippen molar-refractivity contribution in [3.05, 3.63) is 68.9 Å². The molecule has 1 amide bonds. The molecular formula is C20H25FN2O3. The molecule has 1 aromatic heterocycles. The van der Waals surface area contributed by atoms with Crippen molar-refractivity contribution in [1.82, 2.24) is 9.47 Å². The van der Waals surface area contributed by atoms with Crippen LogP contribution in [0.25, 0.3) is 0 Å². The molecule has 0 bridgehead atoms. The van der Waals surface area contributed by atoms with E-state index in [0.717, 1.165) is 11.3 Å². The van der Waals surface area contributed by atoms with Crippen molar-refractivity contribution in [3.8, 4) is 0 Å². The van der Waals surface area contributed by atoms with Gasteiger partial charge in [0.05, 0.1) is 0 Å². The summed E-state index contributed by atoms with van der Waals surface area (Å²) in [6.07, 6.45) is 0.647. The number of rotatable bonds is 7. The summed E-state index contributed by atoms with van der Waals surface area (Å²) in [5.41, 5.74) is 2.14. The lowest BCUT2D eigenvalue weighted by Gasteiger charge is -2.24. The summed E-state index contributed by atoms with van der Waals surface area (Å²) in [6.45, 7) is 4.86. The average Bonchev–Trinajstić information content (AvgIpc) is 2.60. The zero-order valence-corrected chi connectivity index (χ0v) is 15.7. The van der Waals surface area contributed by atoms with Crippen LogP contribution >= 0.6 is 0 Å². The quantitative estimate of drug-likeness (QED) is 0.714. The summed E-state index contributed by atoms with van der Waals surface area (Å²) in [4.78, 5) is 27.4. The second kappa shape index (κ2) is 8.76. The molecule has 2 aromatic rings. The third-order valence-corrected chi connectivity index (χ3v) is 4.43. The predicted octanol–water partition coefficient (Wildman–Crippen LogP) is 2.82. The van der Waals surface area contributed by atoms with Crippen LogP contribution in [0.3, 0.4) is 0 Å². The van der Waals surface area contributed by atoms with Crippen molar-refractivity contribution in [2.24, 2.45) is 7.05 Å². The highest BCUT2D eigenvalue weighted by Gasteiger charge is 2.22. The minimum absolute atomic E-state index is 0.178. The van der Waals surface area contributed by atoms with Crippen LogP contribution in [0.5, 0.6) is 0 Å². The van der Waals surface area contributed by atoms with Crippen LogP contribution in [0.15, 0.2) is 35.1 Å². The average molecular weight is 360 g/mol. The largest absolute Gasteiger partial charge is 0.385 e. The van der Waals surface area contributed by atoms with Gasteiger partial charge in [0, 0.05) is 39.5 Å². The summed E-state index contributed by atoms with van der Waals surface area (Å²) in [7, 11) is 3.26. The number of nitrogens with zero attached hydrogens (tertiary/aromatic N) is 2. The third-order valence-electron chi connectivity index (χ3n) is 4.43. The van der Waals surface area contributed by atoms with E-state index in [2.05, 4.69) is 0 Å². The fourth-order valence-electron chi connectivity index (χ4n) is 2.86. The van der Waals surface area contributed by atoms with Crippen LogP contribution in [0.1, 0.15) is 33.6 Å². The number of ether oxygens (including phenoxy) is 1. The van der Waals surface area contributed by atoms with Crippen LogP contribution in [-0.2, 0) is 18.3 Å². The number of hydrogen-bond acceptors (Lipinski definition) is 3. The van der Waals surface area contributed by atoms with Gasteiger partial charge in [-0.2, -0.15) is 0 Å². The molecule has 0 aliphatic carbocycles. The fourth-order valence-corrected chi connectivity index (χ4v) is 2.86. The highest BCUT2D eigenvalue weighted by Crippen LogP contribution is 2.13. The summed E-state index contributed by atoms with van der Waals surface area (Å²) in [5, 5.41) is 0. The molecule has 140 valence electrons. The van der Waals surface area contributed by atoms with E-state index in [1.807, 2.05) is 13.0 Å². The maximum Gasteiger partial charge on any atom is 0.263 e. The van der Waals surface area contributed by atoms with E-state index in [-0.39, 0.29) is 22.8 Å². The topological polar surface area (TPSA) is 51.5 Å².